The van der Waals surface area contributed by atoms with Crippen molar-refractivity contribution in [1.29, 1.82) is 0 Å². The fraction of sp³-hybridized carbons (Fsp3) is 0.500. The Hall–Kier alpha value is -2.84. The number of amides is 2. The highest BCUT2D eigenvalue weighted by molar-refractivity contribution is 6.08. The first kappa shape index (κ1) is 18.5. The third-order valence-corrected chi connectivity index (χ3v) is 2.66. The number of hydrogen-bond acceptors (Lipinski definition) is 7. The number of nitrogens with zero attached hydrogens (tertiary/aromatic N) is 4. The van der Waals surface area contributed by atoms with Gasteiger partial charge in [0.25, 0.3) is 5.95 Å². The summed E-state index contributed by atoms with van der Waals surface area (Å²) in [4.78, 5) is 29.7. The van der Waals surface area contributed by atoms with Gasteiger partial charge in [-0.05, 0) is 53.7 Å². The standard InChI is InChI=1S/C16H22N4O5/c1-15(2,3)24-13(22)20(14(23)25-16(4,5)6)12-17-11-8-7-10(21)9-19(11)18-12/h7-9,21H,1-6H3. The number of anilines is 1. The molecule has 2 aromatic rings. The molecule has 0 saturated carbocycles. The zero-order chi connectivity index (χ0) is 19.0. The quantitative estimate of drug-likeness (QED) is 0.842. The molecule has 2 heterocycles. The Bertz CT molecular complexity index is 773. The first-order chi connectivity index (χ1) is 11.4. The number of carbonyl (C=O) groups excluding carboxylic acids is 2. The molecule has 25 heavy (non-hydrogen) atoms. The molecule has 136 valence electrons. The molecule has 0 spiro atoms. The average Bonchev–Trinajstić information content (AvgIpc) is 2.76. The largest absolute Gasteiger partial charge is 0.506 e. The molecule has 2 aromatic heterocycles. The predicted octanol–water partition coefficient (Wildman–Crippen LogP) is 3.11. The molecule has 2 rings (SSSR count). The van der Waals surface area contributed by atoms with Crippen molar-refractivity contribution < 1.29 is 24.2 Å². The van der Waals surface area contributed by atoms with E-state index in [9.17, 15) is 14.7 Å². The van der Waals surface area contributed by atoms with Crippen LogP contribution in [-0.2, 0) is 9.47 Å². The highest BCUT2D eigenvalue weighted by Gasteiger charge is 2.35. The van der Waals surface area contributed by atoms with E-state index in [4.69, 9.17) is 9.47 Å². The van der Waals surface area contributed by atoms with Crippen LogP contribution in [0.15, 0.2) is 18.3 Å². The molecule has 9 nitrogen and oxygen atoms in total. The van der Waals surface area contributed by atoms with Crippen molar-refractivity contribution in [3.63, 3.8) is 0 Å². The Morgan fingerprint density at radius 2 is 1.56 bits per heavy atom. The lowest BCUT2D eigenvalue weighted by Gasteiger charge is -2.26. The van der Waals surface area contributed by atoms with Gasteiger partial charge in [0, 0.05) is 0 Å². The van der Waals surface area contributed by atoms with Crippen LogP contribution in [0.3, 0.4) is 0 Å². The molecule has 0 aliphatic heterocycles. The third-order valence-electron chi connectivity index (χ3n) is 2.66. The fourth-order valence-corrected chi connectivity index (χ4v) is 1.81. The van der Waals surface area contributed by atoms with Crippen molar-refractivity contribution in [2.24, 2.45) is 0 Å². The Labute approximate surface area is 145 Å². The zero-order valence-corrected chi connectivity index (χ0v) is 15.1. The maximum atomic E-state index is 12.5. The Kier molecular flexibility index (Phi) is 4.61. The van der Waals surface area contributed by atoms with Crippen LogP contribution in [0.25, 0.3) is 5.65 Å². The highest BCUT2D eigenvalue weighted by atomic mass is 16.6. The van der Waals surface area contributed by atoms with Crippen LogP contribution < -0.4 is 4.90 Å². The molecule has 0 aliphatic carbocycles. The van der Waals surface area contributed by atoms with E-state index in [0.717, 1.165) is 0 Å². The van der Waals surface area contributed by atoms with Crippen molar-refractivity contribution in [2.45, 2.75) is 52.7 Å². The second kappa shape index (κ2) is 6.23. The number of imide groups is 1. The van der Waals surface area contributed by atoms with Crippen LogP contribution in [0.5, 0.6) is 5.75 Å². The number of pyridine rings is 1. The lowest BCUT2D eigenvalue weighted by molar-refractivity contribution is 0.0427. The first-order valence-electron chi connectivity index (χ1n) is 7.67. The number of hydrogen-bond donors (Lipinski definition) is 1. The van der Waals surface area contributed by atoms with Crippen LogP contribution in [0.1, 0.15) is 41.5 Å². The lowest BCUT2D eigenvalue weighted by atomic mass is 10.2. The average molecular weight is 350 g/mol. The van der Waals surface area contributed by atoms with E-state index < -0.39 is 23.4 Å². The second-order valence-corrected chi connectivity index (χ2v) is 7.40. The van der Waals surface area contributed by atoms with Gasteiger partial charge in [-0.1, -0.05) is 0 Å². The molecule has 0 bridgehead atoms. The number of ether oxygens (including phenoxy) is 2. The summed E-state index contributed by atoms with van der Waals surface area (Å²) in [6, 6.07) is 2.91. The monoisotopic (exact) mass is 350 g/mol. The summed E-state index contributed by atoms with van der Waals surface area (Å²) in [5.41, 5.74) is -1.31. The van der Waals surface area contributed by atoms with Gasteiger partial charge >= 0.3 is 12.2 Å². The SMILES string of the molecule is CC(C)(C)OC(=O)N(C(=O)OC(C)(C)C)c1nc2ccc(O)cn2n1. The summed E-state index contributed by atoms with van der Waals surface area (Å²) in [6.45, 7) is 10.0. The van der Waals surface area contributed by atoms with Crippen LogP contribution in [-0.4, -0.2) is 43.1 Å². The Morgan fingerprint density at radius 3 is 2.04 bits per heavy atom. The number of fused-ring (bicyclic) bond motifs is 1. The number of aromatic hydroxyl groups is 1. The fourth-order valence-electron chi connectivity index (χ4n) is 1.81. The molecular formula is C16H22N4O5. The molecule has 0 unspecified atom stereocenters. The summed E-state index contributed by atoms with van der Waals surface area (Å²) < 4.78 is 11.8. The van der Waals surface area contributed by atoms with Crippen molar-refractivity contribution in [2.75, 3.05) is 4.90 Å². The molecule has 0 aromatic carbocycles. The molecule has 0 atom stereocenters. The summed E-state index contributed by atoms with van der Waals surface area (Å²) >= 11 is 0. The summed E-state index contributed by atoms with van der Waals surface area (Å²) in [7, 11) is 0. The minimum absolute atomic E-state index is 0.0370. The molecule has 2 amide bonds. The molecule has 0 radical (unpaired) electrons. The van der Waals surface area contributed by atoms with E-state index in [1.807, 2.05) is 0 Å². The third kappa shape index (κ3) is 4.82. The van der Waals surface area contributed by atoms with Gasteiger partial charge in [0.1, 0.15) is 17.0 Å². The summed E-state index contributed by atoms with van der Waals surface area (Å²) in [5, 5.41) is 13.6. The normalized spacial score (nSPS) is 12.1. The molecule has 0 aliphatic rings. The van der Waals surface area contributed by atoms with E-state index >= 15 is 0 Å². The molecule has 1 N–H and O–H groups in total. The Morgan fingerprint density at radius 1 is 1.04 bits per heavy atom. The highest BCUT2D eigenvalue weighted by Crippen LogP contribution is 2.20. The van der Waals surface area contributed by atoms with Crippen LogP contribution >= 0.6 is 0 Å². The summed E-state index contributed by atoms with van der Waals surface area (Å²) in [6.07, 6.45) is -0.613. The second-order valence-electron chi connectivity index (χ2n) is 7.40. The van der Waals surface area contributed by atoms with Gasteiger partial charge < -0.3 is 14.6 Å². The van der Waals surface area contributed by atoms with Crippen molar-refractivity contribution in [3.8, 4) is 5.75 Å². The summed E-state index contributed by atoms with van der Waals surface area (Å²) in [5.74, 6) is -0.251. The van der Waals surface area contributed by atoms with Crippen molar-refractivity contribution >= 4 is 23.8 Å². The smallest absolute Gasteiger partial charge is 0.427 e. The van der Waals surface area contributed by atoms with E-state index in [1.165, 1.54) is 22.8 Å². The van der Waals surface area contributed by atoms with Crippen LogP contribution in [0.2, 0.25) is 0 Å². The minimum Gasteiger partial charge on any atom is -0.506 e. The van der Waals surface area contributed by atoms with Gasteiger partial charge in [-0.15, -0.1) is 10.00 Å². The van der Waals surface area contributed by atoms with Gasteiger partial charge in [-0.25, -0.2) is 14.1 Å². The van der Waals surface area contributed by atoms with Crippen LogP contribution in [0, 0.1) is 0 Å². The van der Waals surface area contributed by atoms with Gasteiger partial charge in [0.05, 0.1) is 6.20 Å². The van der Waals surface area contributed by atoms with Gasteiger partial charge in [-0.3, -0.25) is 0 Å². The Balaban J connectivity index is 2.44. The number of rotatable bonds is 1. The molecule has 0 fully saturated rings. The van der Waals surface area contributed by atoms with E-state index in [0.29, 0.717) is 10.5 Å². The topological polar surface area (TPSA) is 106 Å². The van der Waals surface area contributed by atoms with Crippen molar-refractivity contribution in [3.05, 3.63) is 18.3 Å². The number of aromatic nitrogens is 3. The maximum absolute atomic E-state index is 12.5. The van der Waals surface area contributed by atoms with E-state index in [1.54, 1.807) is 41.5 Å². The van der Waals surface area contributed by atoms with Crippen molar-refractivity contribution in [1.82, 2.24) is 14.6 Å². The van der Waals surface area contributed by atoms with E-state index in [-0.39, 0.29) is 11.7 Å². The zero-order valence-electron chi connectivity index (χ0n) is 15.1. The van der Waals surface area contributed by atoms with Gasteiger partial charge in [-0.2, -0.15) is 4.98 Å². The maximum Gasteiger partial charge on any atom is 0.427 e. The van der Waals surface area contributed by atoms with Crippen LogP contribution in [0.4, 0.5) is 15.5 Å². The lowest BCUT2D eigenvalue weighted by Crippen LogP contribution is -2.44. The van der Waals surface area contributed by atoms with Gasteiger partial charge in [0.2, 0.25) is 0 Å². The van der Waals surface area contributed by atoms with Gasteiger partial charge in [0.15, 0.2) is 5.65 Å². The molecule has 9 heteroatoms. The van der Waals surface area contributed by atoms with E-state index in [2.05, 4.69) is 10.1 Å². The molecule has 0 saturated heterocycles. The first-order valence-corrected chi connectivity index (χ1v) is 7.67. The molecular weight excluding hydrogens is 328 g/mol. The minimum atomic E-state index is -0.957. The number of carbonyl (C=O) groups is 2. The predicted molar refractivity (Wildman–Crippen MR) is 89.6 cm³/mol.